The van der Waals surface area contributed by atoms with Gasteiger partial charge in [0, 0.05) is 6.54 Å². The van der Waals surface area contributed by atoms with E-state index in [1.807, 2.05) is 6.07 Å². The predicted octanol–water partition coefficient (Wildman–Crippen LogP) is 5.17. The van der Waals surface area contributed by atoms with Gasteiger partial charge in [-0.2, -0.15) is 0 Å². The summed E-state index contributed by atoms with van der Waals surface area (Å²) in [6, 6.07) is 16.9. The molecule has 0 saturated carbocycles. The first kappa shape index (κ1) is 14.6. The first-order chi connectivity index (χ1) is 10.6. The number of fused-ring (bicyclic) bond motifs is 1. The minimum absolute atomic E-state index is 0.587. The van der Waals surface area contributed by atoms with Gasteiger partial charge < -0.3 is 4.57 Å². The lowest BCUT2D eigenvalue weighted by Gasteiger charge is -2.09. The lowest BCUT2D eigenvalue weighted by molar-refractivity contribution is 0.530. The van der Waals surface area contributed by atoms with Gasteiger partial charge in [0.25, 0.3) is 0 Å². The van der Waals surface area contributed by atoms with Crippen LogP contribution in [0.2, 0.25) is 0 Å². The second kappa shape index (κ2) is 6.18. The Morgan fingerprint density at radius 3 is 2.45 bits per heavy atom. The van der Waals surface area contributed by atoms with Crippen molar-refractivity contribution in [2.24, 2.45) is 5.92 Å². The van der Waals surface area contributed by atoms with E-state index >= 15 is 0 Å². The lowest BCUT2D eigenvalue weighted by atomic mass is 10.1. The predicted molar refractivity (Wildman–Crippen MR) is 94.7 cm³/mol. The fourth-order valence-electron chi connectivity index (χ4n) is 2.63. The summed E-state index contributed by atoms with van der Waals surface area (Å²) >= 11 is 0. The molecule has 0 aliphatic rings. The van der Waals surface area contributed by atoms with Gasteiger partial charge in [-0.15, -0.1) is 0 Å². The zero-order valence-corrected chi connectivity index (χ0v) is 13.5. The minimum Gasteiger partial charge on any atom is -0.324 e. The van der Waals surface area contributed by atoms with Crippen LogP contribution in [-0.4, -0.2) is 9.55 Å². The van der Waals surface area contributed by atoms with Crippen LogP contribution < -0.4 is 0 Å². The Morgan fingerprint density at radius 1 is 1.00 bits per heavy atom. The van der Waals surface area contributed by atoms with Crippen LogP contribution >= 0.6 is 0 Å². The fraction of sp³-hybridized carbons (Fsp3) is 0.250. The summed E-state index contributed by atoms with van der Waals surface area (Å²) in [5, 5.41) is 0. The van der Waals surface area contributed by atoms with Crippen LogP contribution in [0.1, 0.15) is 30.8 Å². The summed E-state index contributed by atoms with van der Waals surface area (Å²) in [7, 11) is 0. The molecule has 2 nitrogen and oxygen atoms in total. The topological polar surface area (TPSA) is 17.8 Å². The molecule has 0 radical (unpaired) electrons. The highest BCUT2D eigenvalue weighted by molar-refractivity contribution is 5.79. The summed E-state index contributed by atoms with van der Waals surface area (Å²) in [5.74, 6) is 1.61. The maximum absolute atomic E-state index is 4.77. The maximum Gasteiger partial charge on any atom is 0.133 e. The molecule has 2 aromatic carbocycles. The van der Waals surface area contributed by atoms with Crippen molar-refractivity contribution in [2.75, 3.05) is 0 Å². The quantitative estimate of drug-likeness (QED) is 0.648. The Morgan fingerprint density at radius 2 is 1.73 bits per heavy atom. The van der Waals surface area contributed by atoms with Crippen molar-refractivity contribution in [1.29, 1.82) is 0 Å². The van der Waals surface area contributed by atoms with Crippen molar-refractivity contribution in [2.45, 2.75) is 27.3 Å². The summed E-state index contributed by atoms with van der Waals surface area (Å²) in [5.41, 5.74) is 4.75. The number of imidazole rings is 1. The number of aromatic nitrogens is 2. The van der Waals surface area contributed by atoms with E-state index in [2.05, 4.69) is 80.0 Å². The molecule has 0 unspecified atom stereocenters. The van der Waals surface area contributed by atoms with Gasteiger partial charge >= 0.3 is 0 Å². The number of rotatable bonds is 4. The fourth-order valence-corrected chi connectivity index (χ4v) is 2.63. The Labute approximate surface area is 132 Å². The van der Waals surface area contributed by atoms with Crippen molar-refractivity contribution < 1.29 is 0 Å². The molecule has 2 heteroatoms. The third-order valence-corrected chi connectivity index (χ3v) is 3.73. The summed E-state index contributed by atoms with van der Waals surface area (Å²) in [4.78, 5) is 4.77. The molecular formula is C20H22N2. The van der Waals surface area contributed by atoms with Gasteiger partial charge in [-0.3, -0.25) is 0 Å². The molecule has 0 spiro atoms. The van der Waals surface area contributed by atoms with Crippen LogP contribution in [-0.2, 0) is 6.54 Å². The molecule has 22 heavy (non-hydrogen) atoms. The van der Waals surface area contributed by atoms with E-state index in [0.717, 1.165) is 17.9 Å². The van der Waals surface area contributed by atoms with Crippen molar-refractivity contribution >= 4 is 23.2 Å². The summed E-state index contributed by atoms with van der Waals surface area (Å²) < 4.78 is 2.31. The van der Waals surface area contributed by atoms with Gasteiger partial charge in [-0.1, -0.05) is 61.9 Å². The zero-order valence-electron chi connectivity index (χ0n) is 13.5. The van der Waals surface area contributed by atoms with Crippen molar-refractivity contribution in [3.63, 3.8) is 0 Å². The Hall–Kier alpha value is -2.35. The van der Waals surface area contributed by atoms with Gasteiger partial charge in [0.2, 0.25) is 0 Å². The van der Waals surface area contributed by atoms with E-state index in [-0.39, 0.29) is 0 Å². The molecule has 0 bridgehead atoms. The molecule has 0 N–H and O–H groups in total. The molecule has 1 aromatic heterocycles. The smallest absolute Gasteiger partial charge is 0.133 e. The SMILES string of the molecule is Cc1ccc(/C=C/c2nc3ccccc3n2CC(C)C)cc1. The largest absolute Gasteiger partial charge is 0.324 e. The van der Waals surface area contributed by atoms with Crippen molar-refractivity contribution in [3.8, 4) is 0 Å². The monoisotopic (exact) mass is 290 g/mol. The normalized spacial score (nSPS) is 11.8. The number of aryl methyl sites for hydroxylation is 1. The van der Waals surface area contributed by atoms with E-state index in [0.29, 0.717) is 5.92 Å². The number of hydrogen-bond acceptors (Lipinski definition) is 1. The second-order valence-corrected chi connectivity index (χ2v) is 6.21. The number of nitrogens with zero attached hydrogens (tertiary/aromatic N) is 2. The minimum atomic E-state index is 0.587. The second-order valence-electron chi connectivity index (χ2n) is 6.21. The molecule has 0 saturated heterocycles. The standard InChI is InChI=1S/C20H22N2/c1-15(2)14-22-19-7-5-4-6-18(19)21-20(22)13-12-17-10-8-16(3)9-11-17/h4-13,15H,14H2,1-3H3/b13-12+. The molecule has 112 valence electrons. The number of benzene rings is 2. The van der Waals surface area contributed by atoms with E-state index in [1.165, 1.54) is 16.6 Å². The Bertz CT molecular complexity index is 792. The molecule has 0 aliphatic heterocycles. The van der Waals surface area contributed by atoms with Gasteiger partial charge in [-0.25, -0.2) is 4.98 Å². The van der Waals surface area contributed by atoms with Crippen molar-refractivity contribution in [3.05, 3.63) is 65.5 Å². The van der Waals surface area contributed by atoms with E-state index in [1.54, 1.807) is 0 Å². The molecule has 0 aliphatic carbocycles. The van der Waals surface area contributed by atoms with Crippen LogP contribution in [0.15, 0.2) is 48.5 Å². The molecular weight excluding hydrogens is 268 g/mol. The Balaban J connectivity index is 2.00. The Kier molecular flexibility index (Phi) is 4.10. The molecule has 3 aromatic rings. The van der Waals surface area contributed by atoms with Gasteiger partial charge in [0.1, 0.15) is 5.82 Å². The summed E-state index contributed by atoms with van der Waals surface area (Å²) in [6.45, 7) is 7.56. The first-order valence-electron chi connectivity index (χ1n) is 7.83. The van der Waals surface area contributed by atoms with E-state index in [4.69, 9.17) is 4.98 Å². The highest BCUT2D eigenvalue weighted by atomic mass is 15.1. The molecule has 1 heterocycles. The molecule has 0 atom stereocenters. The van der Waals surface area contributed by atoms with Gasteiger partial charge in [0.15, 0.2) is 0 Å². The number of hydrogen-bond donors (Lipinski definition) is 0. The third-order valence-electron chi connectivity index (χ3n) is 3.73. The highest BCUT2D eigenvalue weighted by Crippen LogP contribution is 2.19. The summed E-state index contributed by atoms with van der Waals surface area (Å²) in [6.07, 6.45) is 4.25. The van der Waals surface area contributed by atoms with Crippen LogP contribution in [0.5, 0.6) is 0 Å². The van der Waals surface area contributed by atoms with Crippen LogP contribution in [0.25, 0.3) is 23.2 Å². The van der Waals surface area contributed by atoms with Crippen molar-refractivity contribution in [1.82, 2.24) is 9.55 Å². The van der Waals surface area contributed by atoms with E-state index in [9.17, 15) is 0 Å². The first-order valence-corrected chi connectivity index (χ1v) is 7.83. The molecule has 0 fully saturated rings. The van der Waals surface area contributed by atoms with Crippen LogP contribution in [0.3, 0.4) is 0 Å². The number of para-hydroxylation sites is 2. The molecule has 3 rings (SSSR count). The van der Waals surface area contributed by atoms with E-state index < -0.39 is 0 Å². The maximum atomic E-state index is 4.77. The van der Waals surface area contributed by atoms with Gasteiger partial charge in [-0.05, 0) is 36.6 Å². The zero-order chi connectivity index (χ0) is 15.5. The van der Waals surface area contributed by atoms with Gasteiger partial charge in [0.05, 0.1) is 11.0 Å². The van der Waals surface area contributed by atoms with Crippen LogP contribution in [0, 0.1) is 12.8 Å². The third kappa shape index (κ3) is 3.11. The average molecular weight is 290 g/mol. The lowest BCUT2D eigenvalue weighted by Crippen LogP contribution is -2.06. The highest BCUT2D eigenvalue weighted by Gasteiger charge is 2.09. The average Bonchev–Trinajstić information content (AvgIpc) is 2.84. The van der Waals surface area contributed by atoms with Crippen LogP contribution in [0.4, 0.5) is 0 Å². The molecule has 0 amide bonds.